The minimum Gasteiger partial charge on any atom is -0.468 e. The van der Waals surface area contributed by atoms with Gasteiger partial charge in [-0.25, -0.2) is 0 Å². The van der Waals surface area contributed by atoms with E-state index in [1.165, 1.54) is 32.1 Å². The Bertz CT molecular complexity index is 649. The molecule has 1 atom stereocenters. The van der Waals surface area contributed by atoms with Crippen molar-refractivity contribution in [2.24, 2.45) is 0 Å². The summed E-state index contributed by atoms with van der Waals surface area (Å²) in [7, 11) is 0. The fourth-order valence-corrected chi connectivity index (χ4v) is 4.13. The summed E-state index contributed by atoms with van der Waals surface area (Å²) in [5.74, 6) is -0.0463. The molecule has 0 bridgehead atoms. The van der Waals surface area contributed by atoms with Gasteiger partial charge in [0.05, 0.1) is 5.69 Å². The molecule has 0 spiro atoms. The lowest BCUT2D eigenvalue weighted by Crippen LogP contribution is -2.57. The summed E-state index contributed by atoms with van der Waals surface area (Å²) in [6.45, 7) is 3.12. The molecule has 1 unspecified atom stereocenters. The van der Waals surface area contributed by atoms with Gasteiger partial charge in [0.25, 0.3) is 17.9 Å². The molecule has 1 saturated heterocycles. The molecule has 0 radical (unpaired) electrons. The molecule has 1 saturated carbocycles. The summed E-state index contributed by atoms with van der Waals surface area (Å²) in [5.41, 5.74) is 0.624. The fraction of sp³-hybridized carbons (Fsp3) is 0.579. The second kappa shape index (κ2) is 7.04. The van der Waals surface area contributed by atoms with Crippen LogP contribution in [0, 0.1) is 0 Å². The number of piperazine rings is 1. The molecular weight excluding hydrogens is 318 g/mol. The Morgan fingerprint density at radius 1 is 1.04 bits per heavy atom. The van der Waals surface area contributed by atoms with Gasteiger partial charge in [-0.2, -0.15) is 0 Å². The van der Waals surface area contributed by atoms with Crippen molar-refractivity contribution in [3.8, 4) is 5.75 Å². The van der Waals surface area contributed by atoms with Crippen molar-refractivity contribution in [2.45, 2.75) is 44.2 Å². The molecule has 2 aliphatic heterocycles. The van der Waals surface area contributed by atoms with Crippen molar-refractivity contribution in [2.75, 3.05) is 31.5 Å². The Balaban J connectivity index is 1.37. The molecule has 4 rings (SSSR count). The van der Waals surface area contributed by atoms with Gasteiger partial charge in [0, 0.05) is 32.2 Å². The molecule has 3 aliphatic rings. The van der Waals surface area contributed by atoms with Gasteiger partial charge in [0.2, 0.25) is 0 Å². The predicted octanol–water partition coefficient (Wildman–Crippen LogP) is 1.86. The van der Waals surface area contributed by atoms with Crippen LogP contribution >= 0.6 is 0 Å². The Morgan fingerprint density at radius 2 is 1.76 bits per heavy atom. The van der Waals surface area contributed by atoms with Crippen LogP contribution in [0.3, 0.4) is 0 Å². The van der Waals surface area contributed by atoms with Crippen molar-refractivity contribution >= 4 is 17.5 Å². The number of ether oxygens (including phenoxy) is 1. The first-order valence-corrected chi connectivity index (χ1v) is 9.32. The van der Waals surface area contributed by atoms with Crippen LogP contribution < -0.4 is 10.1 Å². The van der Waals surface area contributed by atoms with Gasteiger partial charge in [-0.05, 0) is 25.0 Å². The summed E-state index contributed by atoms with van der Waals surface area (Å²) in [4.78, 5) is 29.3. The maximum Gasteiger partial charge on any atom is 0.275 e. The van der Waals surface area contributed by atoms with Crippen molar-refractivity contribution in [1.82, 2.24) is 9.80 Å². The van der Waals surface area contributed by atoms with Gasteiger partial charge in [-0.1, -0.05) is 31.4 Å². The van der Waals surface area contributed by atoms with Crippen molar-refractivity contribution in [3.05, 3.63) is 24.3 Å². The van der Waals surface area contributed by atoms with Crippen LogP contribution in [0.5, 0.6) is 5.75 Å². The monoisotopic (exact) mass is 343 g/mol. The first kappa shape index (κ1) is 16.4. The number of carbonyl (C=O) groups is 2. The van der Waals surface area contributed by atoms with E-state index >= 15 is 0 Å². The summed E-state index contributed by atoms with van der Waals surface area (Å²) >= 11 is 0. The summed E-state index contributed by atoms with van der Waals surface area (Å²) < 4.78 is 5.69. The first-order valence-electron chi connectivity index (χ1n) is 9.32. The van der Waals surface area contributed by atoms with E-state index in [2.05, 4.69) is 10.2 Å². The molecule has 1 N–H and O–H groups in total. The Hall–Kier alpha value is -2.08. The van der Waals surface area contributed by atoms with Gasteiger partial charge < -0.3 is 15.0 Å². The number of hydrogen-bond donors (Lipinski definition) is 1. The number of carbonyl (C=O) groups excluding carboxylic acids is 2. The SMILES string of the molecule is O=C1Nc2ccccc2OC1C(=O)N1CCN(C2CCCCC2)CC1. The molecule has 2 amide bonds. The largest absolute Gasteiger partial charge is 0.468 e. The van der Waals surface area contributed by atoms with Crippen LogP contribution in [0.2, 0.25) is 0 Å². The highest BCUT2D eigenvalue weighted by Gasteiger charge is 2.38. The third-order valence-electron chi connectivity index (χ3n) is 5.57. The lowest BCUT2D eigenvalue weighted by atomic mass is 9.94. The van der Waals surface area contributed by atoms with Gasteiger partial charge in [0.15, 0.2) is 0 Å². The van der Waals surface area contributed by atoms with Crippen LogP contribution in [0.1, 0.15) is 32.1 Å². The van der Waals surface area contributed by atoms with E-state index in [9.17, 15) is 9.59 Å². The zero-order valence-corrected chi connectivity index (χ0v) is 14.4. The topological polar surface area (TPSA) is 61.9 Å². The van der Waals surface area contributed by atoms with Crippen LogP contribution in [-0.4, -0.2) is 59.9 Å². The van der Waals surface area contributed by atoms with Gasteiger partial charge >= 0.3 is 0 Å². The van der Waals surface area contributed by atoms with Crippen LogP contribution in [0.4, 0.5) is 5.69 Å². The number of fused-ring (bicyclic) bond motifs is 1. The highest BCUT2D eigenvalue weighted by atomic mass is 16.5. The molecule has 1 aromatic carbocycles. The third kappa shape index (κ3) is 3.35. The molecule has 25 heavy (non-hydrogen) atoms. The van der Waals surface area contributed by atoms with Crippen molar-refractivity contribution < 1.29 is 14.3 Å². The number of amides is 2. The number of nitrogens with zero attached hydrogens (tertiary/aromatic N) is 2. The number of rotatable bonds is 2. The van der Waals surface area contributed by atoms with Gasteiger partial charge in [-0.3, -0.25) is 14.5 Å². The molecule has 6 nitrogen and oxygen atoms in total. The fourth-order valence-electron chi connectivity index (χ4n) is 4.13. The molecule has 1 aliphatic carbocycles. The predicted molar refractivity (Wildman–Crippen MR) is 94.5 cm³/mol. The number of anilines is 1. The highest BCUT2D eigenvalue weighted by molar-refractivity contribution is 6.11. The zero-order valence-electron chi connectivity index (χ0n) is 14.4. The minimum atomic E-state index is -1.07. The third-order valence-corrected chi connectivity index (χ3v) is 5.57. The van der Waals surface area contributed by atoms with E-state index in [0.717, 1.165) is 13.1 Å². The van der Waals surface area contributed by atoms with E-state index in [0.29, 0.717) is 30.6 Å². The summed E-state index contributed by atoms with van der Waals surface area (Å²) in [6.07, 6.45) is 5.47. The normalized spacial score (nSPS) is 25.0. The molecule has 1 aromatic rings. The van der Waals surface area contributed by atoms with E-state index in [-0.39, 0.29) is 11.8 Å². The highest BCUT2D eigenvalue weighted by Crippen LogP contribution is 2.29. The van der Waals surface area contributed by atoms with E-state index in [4.69, 9.17) is 4.74 Å². The maximum absolute atomic E-state index is 12.8. The molecule has 2 heterocycles. The molecule has 2 fully saturated rings. The van der Waals surface area contributed by atoms with Crippen molar-refractivity contribution in [3.63, 3.8) is 0 Å². The number of hydrogen-bond acceptors (Lipinski definition) is 4. The number of benzene rings is 1. The quantitative estimate of drug-likeness (QED) is 0.833. The smallest absolute Gasteiger partial charge is 0.275 e. The van der Waals surface area contributed by atoms with E-state index < -0.39 is 6.10 Å². The molecule has 6 heteroatoms. The lowest BCUT2D eigenvalue weighted by Gasteiger charge is -2.41. The van der Waals surface area contributed by atoms with Crippen molar-refractivity contribution in [1.29, 1.82) is 0 Å². The number of para-hydroxylation sites is 2. The maximum atomic E-state index is 12.8. The second-order valence-corrected chi connectivity index (χ2v) is 7.14. The van der Waals surface area contributed by atoms with Crippen LogP contribution in [-0.2, 0) is 9.59 Å². The average molecular weight is 343 g/mol. The first-order chi connectivity index (χ1) is 12.2. The van der Waals surface area contributed by atoms with Crippen LogP contribution in [0.15, 0.2) is 24.3 Å². The van der Waals surface area contributed by atoms with E-state index in [1.54, 1.807) is 17.0 Å². The standard InChI is InChI=1S/C19H25N3O3/c23-18-17(25-16-9-5-4-8-15(16)20-18)19(24)22-12-10-21(11-13-22)14-6-2-1-3-7-14/h4-5,8-9,14,17H,1-3,6-7,10-13H2,(H,20,23). The van der Waals surface area contributed by atoms with Gasteiger partial charge in [0.1, 0.15) is 5.75 Å². The van der Waals surface area contributed by atoms with Crippen LogP contribution in [0.25, 0.3) is 0 Å². The Morgan fingerprint density at radius 3 is 2.52 bits per heavy atom. The Labute approximate surface area is 148 Å². The molecule has 0 aromatic heterocycles. The molecular formula is C19H25N3O3. The summed E-state index contributed by atoms with van der Waals surface area (Å²) in [6, 6.07) is 7.88. The van der Waals surface area contributed by atoms with E-state index in [1.807, 2.05) is 12.1 Å². The summed E-state index contributed by atoms with van der Waals surface area (Å²) in [5, 5.41) is 2.77. The number of nitrogens with one attached hydrogen (secondary N) is 1. The lowest BCUT2D eigenvalue weighted by molar-refractivity contribution is -0.146. The zero-order chi connectivity index (χ0) is 17.2. The Kier molecular flexibility index (Phi) is 4.61. The average Bonchev–Trinajstić information content (AvgIpc) is 2.68. The second-order valence-electron chi connectivity index (χ2n) is 7.14. The van der Waals surface area contributed by atoms with Gasteiger partial charge in [-0.15, -0.1) is 0 Å². The minimum absolute atomic E-state index is 0.227. The molecule has 134 valence electrons.